The zero-order valence-electron chi connectivity index (χ0n) is 16.6. The van der Waals surface area contributed by atoms with Crippen molar-refractivity contribution in [1.82, 2.24) is 4.90 Å². The van der Waals surface area contributed by atoms with Crippen LogP contribution in [0.15, 0.2) is 30.3 Å². The highest BCUT2D eigenvalue weighted by atomic mass is 35.5. The van der Waals surface area contributed by atoms with E-state index in [1.54, 1.807) is 11.3 Å². The number of piperidine rings is 1. The largest absolute Gasteiger partial charge is 0.491 e. The Bertz CT molecular complexity index is 844. The topological polar surface area (TPSA) is 62.2 Å². The molecule has 1 spiro atoms. The number of aliphatic hydroxyl groups is 2. The SMILES string of the molecule is CC[C@H]1C[C@@]2(CCN1Cc1cccc(OCCO)c1)OC[C@H](O)c1cc(Cl)sc12. The van der Waals surface area contributed by atoms with Gasteiger partial charge >= 0.3 is 0 Å². The first-order valence-electron chi connectivity index (χ1n) is 10.2. The minimum atomic E-state index is -0.584. The lowest BCUT2D eigenvalue weighted by atomic mass is 9.80. The van der Waals surface area contributed by atoms with Crippen LogP contribution in [0, 0.1) is 0 Å². The number of ether oxygens (including phenoxy) is 2. The Kier molecular flexibility index (Phi) is 6.49. The molecular weight excluding hydrogens is 410 g/mol. The number of hydrogen-bond acceptors (Lipinski definition) is 6. The van der Waals surface area contributed by atoms with E-state index in [1.807, 2.05) is 18.2 Å². The van der Waals surface area contributed by atoms with Crippen molar-refractivity contribution >= 4 is 22.9 Å². The summed E-state index contributed by atoms with van der Waals surface area (Å²) >= 11 is 7.84. The first-order valence-corrected chi connectivity index (χ1v) is 11.4. The first-order chi connectivity index (χ1) is 14.0. The van der Waals surface area contributed by atoms with Gasteiger partial charge in [-0.2, -0.15) is 0 Å². The molecule has 3 atom stereocenters. The predicted octanol–water partition coefficient (Wildman–Crippen LogP) is 4.11. The van der Waals surface area contributed by atoms with Crippen LogP contribution >= 0.6 is 22.9 Å². The highest BCUT2D eigenvalue weighted by molar-refractivity contribution is 7.16. The molecule has 2 aromatic rings. The molecule has 0 amide bonds. The standard InChI is InChI=1S/C22H28ClNO4S/c1-2-16-12-22(21-18(11-20(23)29-21)19(26)14-28-22)6-7-24(16)13-15-4-3-5-17(10-15)27-9-8-25/h3-5,10-11,16,19,25-26H,2,6-9,12-14H2,1H3/t16-,19-,22+/m0/s1. The average molecular weight is 438 g/mol. The third-order valence-corrected chi connectivity index (χ3v) is 7.49. The normalized spacial score (nSPS) is 27.2. The predicted molar refractivity (Wildman–Crippen MR) is 115 cm³/mol. The Morgan fingerprint density at radius 3 is 3.03 bits per heavy atom. The number of benzene rings is 1. The summed E-state index contributed by atoms with van der Waals surface area (Å²) in [6.45, 7) is 4.65. The van der Waals surface area contributed by atoms with Gasteiger partial charge in [0.05, 0.1) is 17.6 Å². The van der Waals surface area contributed by atoms with Gasteiger partial charge in [0, 0.05) is 29.6 Å². The number of rotatable bonds is 6. The summed E-state index contributed by atoms with van der Waals surface area (Å²) in [6.07, 6.45) is 2.24. The van der Waals surface area contributed by atoms with Gasteiger partial charge in [-0.1, -0.05) is 30.7 Å². The number of nitrogens with zero attached hydrogens (tertiary/aromatic N) is 1. The van der Waals surface area contributed by atoms with E-state index in [-0.39, 0.29) is 12.2 Å². The summed E-state index contributed by atoms with van der Waals surface area (Å²) in [7, 11) is 0. The van der Waals surface area contributed by atoms with E-state index in [1.165, 1.54) is 5.56 Å². The Hall–Kier alpha value is -1.15. The molecule has 0 aliphatic carbocycles. The molecule has 0 bridgehead atoms. The van der Waals surface area contributed by atoms with Crippen LogP contribution in [-0.4, -0.2) is 47.5 Å². The van der Waals surface area contributed by atoms with Crippen LogP contribution in [0.3, 0.4) is 0 Å². The average Bonchev–Trinajstić information content (AvgIpc) is 3.14. The number of likely N-dealkylation sites (tertiary alicyclic amines) is 1. The quantitative estimate of drug-likeness (QED) is 0.712. The van der Waals surface area contributed by atoms with Crippen LogP contribution in [0.5, 0.6) is 5.75 Å². The molecule has 2 N–H and O–H groups in total. The molecule has 0 radical (unpaired) electrons. The van der Waals surface area contributed by atoms with E-state index in [4.69, 9.17) is 26.2 Å². The van der Waals surface area contributed by atoms with Gasteiger partial charge in [0.15, 0.2) is 0 Å². The second-order valence-electron chi connectivity index (χ2n) is 7.86. The molecule has 0 saturated carbocycles. The Morgan fingerprint density at radius 2 is 2.24 bits per heavy atom. The van der Waals surface area contributed by atoms with E-state index in [0.717, 1.165) is 48.5 Å². The van der Waals surface area contributed by atoms with Crippen LogP contribution in [0.1, 0.15) is 48.3 Å². The van der Waals surface area contributed by atoms with Crippen molar-refractivity contribution in [2.75, 3.05) is 26.4 Å². The Balaban J connectivity index is 1.51. The molecule has 2 aliphatic rings. The number of halogens is 1. The summed E-state index contributed by atoms with van der Waals surface area (Å²) in [4.78, 5) is 3.62. The summed E-state index contributed by atoms with van der Waals surface area (Å²) in [5.74, 6) is 0.792. The summed E-state index contributed by atoms with van der Waals surface area (Å²) in [6, 6.07) is 10.4. The molecule has 0 unspecified atom stereocenters. The molecule has 3 heterocycles. The molecule has 2 aliphatic heterocycles. The molecule has 7 heteroatoms. The molecule has 1 saturated heterocycles. The van der Waals surface area contributed by atoms with Crippen LogP contribution in [0.4, 0.5) is 0 Å². The smallest absolute Gasteiger partial charge is 0.119 e. The van der Waals surface area contributed by atoms with E-state index in [9.17, 15) is 5.11 Å². The first kappa shape index (κ1) is 21.1. The molecule has 5 nitrogen and oxygen atoms in total. The Labute approximate surface area is 180 Å². The molecule has 4 rings (SSSR count). The maximum absolute atomic E-state index is 10.3. The molecule has 158 valence electrons. The van der Waals surface area contributed by atoms with E-state index in [2.05, 4.69) is 24.0 Å². The minimum absolute atomic E-state index is 0.0137. The highest BCUT2D eigenvalue weighted by Gasteiger charge is 2.47. The summed E-state index contributed by atoms with van der Waals surface area (Å²) in [5, 5.41) is 19.3. The number of thiophene rings is 1. The van der Waals surface area contributed by atoms with Gasteiger partial charge in [-0.25, -0.2) is 0 Å². The van der Waals surface area contributed by atoms with Crippen LogP contribution in [0.2, 0.25) is 4.34 Å². The number of hydrogen-bond donors (Lipinski definition) is 2. The van der Waals surface area contributed by atoms with Crippen molar-refractivity contribution in [2.24, 2.45) is 0 Å². The van der Waals surface area contributed by atoms with Gasteiger partial charge in [-0.15, -0.1) is 11.3 Å². The van der Waals surface area contributed by atoms with E-state index in [0.29, 0.717) is 23.6 Å². The zero-order chi connectivity index (χ0) is 20.4. The molecule has 29 heavy (non-hydrogen) atoms. The van der Waals surface area contributed by atoms with Crippen molar-refractivity contribution in [2.45, 2.75) is 50.5 Å². The van der Waals surface area contributed by atoms with Crippen LogP contribution in [-0.2, 0) is 16.9 Å². The molecular formula is C22H28ClNO4S. The third kappa shape index (κ3) is 4.33. The van der Waals surface area contributed by atoms with Gasteiger partial charge in [-0.05, 0) is 43.0 Å². The maximum Gasteiger partial charge on any atom is 0.119 e. The van der Waals surface area contributed by atoms with Gasteiger partial charge in [0.25, 0.3) is 0 Å². The van der Waals surface area contributed by atoms with Crippen molar-refractivity contribution in [1.29, 1.82) is 0 Å². The monoisotopic (exact) mass is 437 g/mol. The van der Waals surface area contributed by atoms with Crippen molar-refractivity contribution in [3.8, 4) is 5.75 Å². The lowest BCUT2D eigenvalue weighted by Crippen LogP contribution is -2.51. The fraction of sp³-hybridized carbons (Fsp3) is 0.545. The number of aliphatic hydroxyl groups excluding tert-OH is 2. The van der Waals surface area contributed by atoms with E-state index < -0.39 is 6.10 Å². The van der Waals surface area contributed by atoms with Crippen molar-refractivity contribution in [3.63, 3.8) is 0 Å². The second kappa shape index (κ2) is 8.92. The van der Waals surface area contributed by atoms with Gasteiger partial charge in [-0.3, -0.25) is 4.90 Å². The minimum Gasteiger partial charge on any atom is -0.491 e. The van der Waals surface area contributed by atoms with Gasteiger partial charge in [0.2, 0.25) is 0 Å². The number of fused-ring (bicyclic) bond motifs is 2. The third-order valence-electron chi connectivity index (χ3n) is 6.02. The molecule has 1 fully saturated rings. The lowest BCUT2D eigenvalue weighted by molar-refractivity contribution is -0.141. The lowest BCUT2D eigenvalue weighted by Gasteiger charge is -2.48. The van der Waals surface area contributed by atoms with Crippen LogP contribution in [0.25, 0.3) is 0 Å². The van der Waals surface area contributed by atoms with E-state index >= 15 is 0 Å². The van der Waals surface area contributed by atoms with Crippen molar-refractivity contribution in [3.05, 3.63) is 50.7 Å². The highest BCUT2D eigenvalue weighted by Crippen LogP contribution is 2.50. The molecule has 1 aromatic heterocycles. The second-order valence-corrected chi connectivity index (χ2v) is 9.55. The van der Waals surface area contributed by atoms with Gasteiger partial charge < -0.3 is 19.7 Å². The zero-order valence-corrected chi connectivity index (χ0v) is 18.2. The fourth-order valence-corrected chi connectivity index (χ4v) is 6.04. The summed E-state index contributed by atoms with van der Waals surface area (Å²) < 4.78 is 12.6. The van der Waals surface area contributed by atoms with Crippen LogP contribution < -0.4 is 4.74 Å². The van der Waals surface area contributed by atoms with Crippen molar-refractivity contribution < 1.29 is 19.7 Å². The fourth-order valence-electron chi connectivity index (χ4n) is 4.57. The molecule has 1 aromatic carbocycles. The Morgan fingerprint density at radius 1 is 1.38 bits per heavy atom. The van der Waals surface area contributed by atoms with Gasteiger partial charge in [0.1, 0.15) is 24.1 Å². The maximum atomic E-state index is 10.3. The summed E-state index contributed by atoms with van der Waals surface area (Å²) in [5.41, 5.74) is 1.81.